The van der Waals surface area contributed by atoms with Crippen molar-refractivity contribution in [3.63, 3.8) is 0 Å². The van der Waals surface area contributed by atoms with Crippen molar-refractivity contribution in [2.75, 3.05) is 5.88 Å². The first-order chi connectivity index (χ1) is 6.56. The molecular weight excluding hydrogens is 211 g/mol. The van der Waals surface area contributed by atoms with Crippen molar-refractivity contribution in [1.82, 2.24) is 0 Å². The number of alkyl halides is 1. The number of rotatable bonds is 3. The number of aliphatic hydroxyl groups is 2. The van der Waals surface area contributed by atoms with Gasteiger partial charge < -0.3 is 15.3 Å². The summed E-state index contributed by atoms with van der Waals surface area (Å²) >= 11 is 5.30. The molecule has 1 rings (SSSR count). The molecule has 0 amide bonds. The molecule has 5 heteroatoms. The van der Waals surface area contributed by atoms with Gasteiger partial charge in [0.25, 0.3) is 0 Å². The molecule has 14 heavy (non-hydrogen) atoms. The van der Waals surface area contributed by atoms with Gasteiger partial charge in [-0.2, -0.15) is 0 Å². The summed E-state index contributed by atoms with van der Waals surface area (Å²) in [6, 6.07) is 3.28. The molecule has 0 aliphatic carbocycles. The molecule has 1 aromatic carbocycles. The lowest BCUT2D eigenvalue weighted by atomic mass is 10.0. The summed E-state index contributed by atoms with van der Waals surface area (Å²) in [5.41, 5.74) is -0.0871. The van der Waals surface area contributed by atoms with E-state index in [-0.39, 0.29) is 17.2 Å². The molecular formula is C9H10ClFO3. The number of hydrogen-bond acceptors (Lipinski definition) is 3. The molecule has 2 unspecified atom stereocenters. The minimum atomic E-state index is -1.38. The highest BCUT2D eigenvalue weighted by molar-refractivity contribution is 6.18. The molecule has 3 N–H and O–H groups in total. The first kappa shape index (κ1) is 11.2. The van der Waals surface area contributed by atoms with Crippen molar-refractivity contribution >= 4 is 11.6 Å². The van der Waals surface area contributed by atoms with Crippen molar-refractivity contribution in [1.29, 1.82) is 0 Å². The first-order valence-corrected chi connectivity index (χ1v) is 4.50. The van der Waals surface area contributed by atoms with E-state index < -0.39 is 18.0 Å². The minimum Gasteiger partial charge on any atom is -0.508 e. The molecule has 0 saturated carbocycles. The fourth-order valence-corrected chi connectivity index (χ4v) is 1.22. The van der Waals surface area contributed by atoms with E-state index in [2.05, 4.69) is 0 Å². The molecule has 78 valence electrons. The second kappa shape index (κ2) is 4.59. The summed E-state index contributed by atoms with van der Waals surface area (Å²) in [4.78, 5) is 0. The van der Waals surface area contributed by atoms with Crippen molar-refractivity contribution in [2.24, 2.45) is 0 Å². The van der Waals surface area contributed by atoms with E-state index in [0.717, 1.165) is 6.07 Å². The van der Waals surface area contributed by atoms with Gasteiger partial charge in [0.15, 0.2) is 0 Å². The zero-order valence-corrected chi connectivity index (χ0v) is 7.95. The smallest absolute Gasteiger partial charge is 0.132 e. The third-order valence-electron chi connectivity index (χ3n) is 1.83. The fourth-order valence-electron chi connectivity index (χ4n) is 1.05. The predicted octanol–water partition coefficient (Wildman–Crippen LogP) is 1.16. The average Bonchev–Trinajstić information content (AvgIpc) is 2.15. The number of halogens is 2. The van der Waals surface area contributed by atoms with Gasteiger partial charge in [0.1, 0.15) is 17.7 Å². The maximum atomic E-state index is 13.1. The summed E-state index contributed by atoms with van der Waals surface area (Å²) < 4.78 is 13.1. The Balaban J connectivity index is 2.95. The number of benzene rings is 1. The molecule has 0 aliphatic rings. The van der Waals surface area contributed by atoms with Crippen LogP contribution in [0.5, 0.6) is 5.75 Å². The Labute approximate surface area is 85.4 Å². The maximum Gasteiger partial charge on any atom is 0.132 e. The SMILES string of the molecule is Oc1ccc(C(O)C(O)CCl)c(F)c1. The van der Waals surface area contributed by atoms with Crippen LogP contribution in [-0.2, 0) is 0 Å². The maximum absolute atomic E-state index is 13.1. The third-order valence-corrected chi connectivity index (χ3v) is 2.14. The molecule has 0 heterocycles. The summed E-state index contributed by atoms with van der Waals surface area (Å²) in [5, 5.41) is 27.5. The first-order valence-electron chi connectivity index (χ1n) is 3.96. The van der Waals surface area contributed by atoms with Gasteiger partial charge in [0, 0.05) is 11.6 Å². The van der Waals surface area contributed by atoms with Gasteiger partial charge in [-0.3, -0.25) is 0 Å². The normalized spacial score (nSPS) is 15.1. The molecule has 0 aromatic heterocycles. The lowest BCUT2D eigenvalue weighted by Gasteiger charge is -2.16. The molecule has 1 aromatic rings. The van der Waals surface area contributed by atoms with Crippen molar-refractivity contribution in [3.05, 3.63) is 29.6 Å². The Morgan fingerprint density at radius 1 is 1.36 bits per heavy atom. The van der Waals surface area contributed by atoms with Crippen molar-refractivity contribution in [2.45, 2.75) is 12.2 Å². The zero-order chi connectivity index (χ0) is 10.7. The van der Waals surface area contributed by atoms with Crippen LogP contribution in [0.3, 0.4) is 0 Å². The molecule has 3 nitrogen and oxygen atoms in total. The van der Waals surface area contributed by atoms with Gasteiger partial charge in [0.2, 0.25) is 0 Å². The summed E-state index contributed by atoms with van der Waals surface area (Å²) in [7, 11) is 0. The van der Waals surface area contributed by atoms with Crippen molar-refractivity contribution < 1.29 is 19.7 Å². The van der Waals surface area contributed by atoms with E-state index >= 15 is 0 Å². The van der Waals surface area contributed by atoms with Crippen LogP contribution in [0, 0.1) is 5.82 Å². The topological polar surface area (TPSA) is 60.7 Å². The van der Waals surface area contributed by atoms with Crippen molar-refractivity contribution in [3.8, 4) is 5.75 Å². The van der Waals surface area contributed by atoms with Gasteiger partial charge in [-0.05, 0) is 12.1 Å². The zero-order valence-electron chi connectivity index (χ0n) is 7.19. The Morgan fingerprint density at radius 3 is 2.50 bits per heavy atom. The van der Waals surface area contributed by atoms with Crippen LogP contribution in [0.4, 0.5) is 4.39 Å². The van der Waals surface area contributed by atoms with Crippen LogP contribution in [0.15, 0.2) is 18.2 Å². The molecule has 0 radical (unpaired) electrons. The lowest BCUT2D eigenvalue weighted by molar-refractivity contribution is 0.0304. The van der Waals surface area contributed by atoms with E-state index in [1.165, 1.54) is 12.1 Å². The van der Waals surface area contributed by atoms with Gasteiger partial charge in [-0.25, -0.2) is 4.39 Å². The fraction of sp³-hybridized carbons (Fsp3) is 0.333. The highest BCUT2D eigenvalue weighted by atomic mass is 35.5. The number of aliphatic hydroxyl groups excluding tert-OH is 2. The van der Waals surface area contributed by atoms with E-state index in [9.17, 15) is 9.50 Å². The van der Waals surface area contributed by atoms with Gasteiger partial charge in [0.05, 0.1) is 12.0 Å². The van der Waals surface area contributed by atoms with E-state index in [0.29, 0.717) is 0 Å². The summed E-state index contributed by atoms with van der Waals surface area (Å²) in [5.74, 6) is -1.21. The second-order valence-electron chi connectivity index (χ2n) is 2.87. The van der Waals surface area contributed by atoms with Crippen LogP contribution < -0.4 is 0 Å². The van der Waals surface area contributed by atoms with E-state index in [1.807, 2.05) is 0 Å². The highest BCUT2D eigenvalue weighted by Gasteiger charge is 2.20. The minimum absolute atomic E-state index is 0.0871. The standard InChI is InChI=1S/C9H10ClFO3/c10-4-8(13)9(14)6-2-1-5(12)3-7(6)11/h1-3,8-9,12-14H,4H2. The van der Waals surface area contributed by atoms with Crippen LogP contribution in [0.25, 0.3) is 0 Å². The monoisotopic (exact) mass is 220 g/mol. The van der Waals surface area contributed by atoms with Crippen LogP contribution in [0.1, 0.15) is 11.7 Å². The average molecular weight is 221 g/mol. The van der Waals surface area contributed by atoms with Crippen LogP contribution in [0.2, 0.25) is 0 Å². The Bertz CT molecular complexity index is 319. The van der Waals surface area contributed by atoms with Gasteiger partial charge in [-0.1, -0.05) is 0 Å². The lowest BCUT2D eigenvalue weighted by Crippen LogP contribution is -2.20. The van der Waals surface area contributed by atoms with Crippen LogP contribution in [-0.4, -0.2) is 27.3 Å². The number of phenols is 1. The number of hydrogen-bond donors (Lipinski definition) is 3. The predicted molar refractivity (Wildman–Crippen MR) is 49.8 cm³/mol. The molecule has 0 spiro atoms. The third kappa shape index (κ3) is 2.35. The number of phenolic OH excluding ortho intramolecular Hbond substituents is 1. The molecule has 0 fully saturated rings. The molecule has 2 atom stereocenters. The largest absolute Gasteiger partial charge is 0.508 e. The number of aromatic hydroxyl groups is 1. The summed E-state index contributed by atoms with van der Waals surface area (Å²) in [6.45, 7) is 0. The quantitative estimate of drug-likeness (QED) is 0.670. The van der Waals surface area contributed by atoms with Crippen LogP contribution >= 0.6 is 11.6 Å². The molecule has 0 saturated heterocycles. The highest BCUT2D eigenvalue weighted by Crippen LogP contribution is 2.23. The Hall–Kier alpha value is -0.840. The Kier molecular flexibility index (Phi) is 3.69. The van der Waals surface area contributed by atoms with E-state index in [4.69, 9.17) is 21.8 Å². The van der Waals surface area contributed by atoms with Gasteiger partial charge >= 0.3 is 0 Å². The second-order valence-corrected chi connectivity index (χ2v) is 3.18. The molecule has 0 bridgehead atoms. The Morgan fingerprint density at radius 2 is 2.00 bits per heavy atom. The van der Waals surface area contributed by atoms with E-state index in [1.54, 1.807) is 0 Å². The van der Waals surface area contributed by atoms with Gasteiger partial charge in [-0.15, -0.1) is 11.6 Å². The molecule has 0 aliphatic heterocycles. The summed E-state index contributed by atoms with van der Waals surface area (Å²) in [6.07, 6.45) is -2.61.